The molecule has 0 aliphatic rings. The van der Waals surface area contributed by atoms with E-state index in [2.05, 4.69) is 25.1 Å². The number of nitrogen functional groups attached to an aromatic ring is 1. The molecule has 2 N–H and O–H groups in total. The Morgan fingerprint density at radius 3 is 2.61 bits per heavy atom. The summed E-state index contributed by atoms with van der Waals surface area (Å²) < 4.78 is 2.03. The minimum atomic E-state index is 0.700. The highest BCUT2D eigenvalue weighted by atomic mass is 15.3. The molecule has 0 aliphatic heterocycles. The van der Waals surface area contributed by atoms with Crippen LogP contribution in [0.1, 0.15) is 26.7 Å². The molecule has 1 heterocycles. The highest BCUT2D eigenvalue weighted by molar-refractivity contribution is 5.75. The molecule has 2 aromatic rings. The van der Waals surface area contributed by atoms with Crippen molar-refractivity contribution >= 4 is 5.69 Å². The van der Waals surface area contributed by atoms with Gasteiger partial charge in [-0.05, 0) is 12.0 Å². The van der Waals surface area contributed by atoms with Gasteiger partial charge in [0.25, 0.3) is 0 Å². The van der Waals surface area contributed by atoms with Crippen molar-refractivity contribution in [1.29, 1.82) is 0 Å². The number of aromatic nitrogens is 2. The fourth-order valence-corrected chi connectivity index (χ4v) is 2.17. The zero-order valence-corrected chi connectivity index (χ0v) is 11.1. The molecule has 2 rings (SSSR count). The summed E-state index contributed by atoms with van der Waals surface area (Å²) >= 11 is 0. The first-order chi connectivity index (χ1) is 8.74. The summed E-state index contributed by atoms with van der Waals surface area (Å²) in [6.07, 6.45) is 6.37. The Labute approximate surface area is 109 Å². The number of benzene rings is 1. The average Bonchev–Trinajstić information content (AvgIpc) is 2.85. The summed E-state index contributed by atoms with van der Waals surface area (Å²) in [5.41, 5.74) is 8.94. The summed E-state index contributed by atoms with van der Waals surface area (Å²) in [6.45, 7) is 5.45. The Morgan fingerprint density at radius 1 is 1.22 bits per heavy atom. The van der Waals surface area contributed by atoms with Crippen LogP contribution in [0.5, 0.6) is 0 Å². The van der Waals surface area contributed by atoms with Gasteiger partial charge in [-0.2, -0.15) is 5.10 Å². The van der Waals surface area contributed by atoms with Crippen LogP contribution < -0.4 is 5.73 Å². The Morgan fingerprint density at radius 2 is 1.94 bits per heavy atom. The Balaban J connectivity index is 2.18. The topological polar surface area (TPSA) is 43.8 Å². The standard InChI is InChI=1S/C15H21N3/c1-3-12(4-2)10-18-11-13(9-17-18)14-7-5-6-8-15(14)16/h5-9,11-12H,3-4,10,16H2,1-2H3. The first kappa shape index (κ1) is 12.7. The fourth-order valence-electron chi connectivity index (χ4n) is 2.17. The second-order valence-corrected chi connectivity index (χ2v) is 4.72. The van der Waals surface area contributed by atoms with Gasteiger partial charge in [0.2, 0.25) is 0 Å². The van der Waals surface area contributed by atoms with Crippen LogP contribution in [-0.2, 0) is 6.54 Å². The number of nitrogens with two attached hydrogens (primary N) is 1. The lowest BCUT2D eigenvalue weighted by atomic mass is 10.0. The monoisotopic (exact) mass is 243 g/mol. The van der Waals surface area contributed by atoms with Crippen LogP contribution >= 0.6 is 0 Å². The van der Waals surface area contributed by atoms with Crippen molar-refractivity contribution in [3.05, 3.63) is 36.7 Å². The van der Waals surface area contributed by atoms with E-state index in [-0.39, 0.29) is 0 Å². The highest BCUT2D eigenvalue weighted by Gasteiger charge is 2.08. The van der Waals surface area contributed by atoms with Crippen molar-refractivity contribution in [3.8, 4) is 11.1 Å². The molecule has 3 heteroatoms. The summed E-state index contributed by atoms with van der Waals surface area (Å²) in [5.74, 6) is 0.700. The minimum Gasteiger partial charge on any atom is -0.398 e. The van der Waals surface area contributed by atoms with Gasteiger partial charge in [0.15, 0.2) is 0 Å². The zero-order chi connectivity index (χ0) is 13.0. The van der Waals surface area contributed by atoms with Crippen molar-refractivity contribution in [1.82, 2.24) is 9.78 Å². The van der Waals surface area contributed by atoms with E-state index in [1.807, 2.05) is 35.1 Å². The van der Waals surface area contributed by atoms with Crippen molar-refractivity contribution in [3.63, 3.8) is 0 Å². The summed E-state index contributed by atoms with van der Waals surface area (Å²) in [4.78, 5) is 0. The van der Waals surface area contributed by atoms with E-state index < -0.39 is 0 Å². The molecule has 0 bridgehead atoms. The maximum Gasteiger partial charge on any atom is 0.0569 e. The van der Waals surface area contributed by atoms with Gasteiger partial charge in [-0.1, -0.05) is 44.9 Å². The van der Waals surface area contributed by atoms with Gasteiger partial charge in [-0.3, -0.25) is 4.68 Å². The molecule has 0 radical (unpaired) electrons. The number of para-hydroxylation sites is 1. The maximum absolute atomic E-state index is 5.98. The SMILES string of the molecule is CCC(CC)Cn1cc(-c2ccccc2N)cn1. The van der Waals surface area contributed by atoms with Gasteiger partial charge in [-0.15, -0.1) is 0 Å². The van der Waals surface area contributed by atoms with E-state index in [4.69, 9.17) is 5.73 Å². The molecule has 0 spiro atoms. The molecule has 1 aromatic heterocycles. The summed E-state index contributed by atoms with van der Waals surface area (Å²) in [5, 5.41) is 4.43. The quantitative estimate of drug-likeness (QED) is 0.816. The lowest BCUT2D eigenvalue weighted by Crippen LogP contribution is -2.09. The van der Waals surface area contributed by atoms with Gasteiger partial charge in [0.1, 0.15) is 0 Å². The number of anilines is 1. The molecule has 0 aliphatic carbocycles. The van der Waals surface area contributed by atoms with Crippen molar-refractivity contribution in [2.45, 2.75) is 33.2 Å². The third-order valence-corrected chi connectivity index (χ3v) is 3.50. The van der Waals surface area contributed by atoms with Gasteiger partial charge in [0, 0.05) is 29.6 Å². The van der Waals surface area contributed by atoms with Gasteiger partial charge in [0.05, 0.1) is 6.20 Å². The van der Waals surface area contributed by atoms with Gasteiger partial charge < -0.3 is 5.73 Å². The lowest BCUT2D eigenvalue weighted by Gasteiger charge is -2.11. The van der Waals surface area contributed by atoms with Crippen LogP contribution in [0.15, 0.2) is 36.7 Å². The van der Waals surface area contributed by atoms with Crippen molar-refractivity contribution in [2.24, 2.45) is 5.92 Å². The normalized spacial score (nSPS) is 11.1. The van der Waals surface area contributed by atoms with Gasteiger partial charge >= 0.3 is 0 Å². The number of nitrogens with zero attached hydrogens (tertiary/aromatic N) is 2. The molecule has 0 saturated heterocycles. The third kappa shape index (κ3) is 2.73. The molecule has 0 atom stereocenters. The van der Waals surface area contributed by atoms with Crippen LogP contribution in [0.4, 0.5) is 5.69 Å². The van der Waals surface area contributed by atoms with E-state index in [9.17, 15) is 0 Å². The average molecular weight is 243 g/mol. The Bertz CT molecular complexity index is 498. The first-order valence-corrected chi connectivity index (χ1v) is 6.61. The molecular weight excluding hydrogens is 222 g/mol. The number of hydrogen-bond donors (Lipinski definition) is 1. The minimum absolute atomic E-state index is 0.700. The lowest BCUT2D eigenvalue weighted by molar-refractivity contribution is 0.396. The van der Waals surface area contributed by atoms with Crippen molar-refractivity contribution < 1.29 is 0 Å². The van der Waals surface area contributed by atoms with E-state index in [0.29, 0.717) is 5.92 Å². The molecule has 3 nitrogen and oxygen atoms in total. The molecular formula is C15H21N3. The largest absolute Gasteiger partial charge is 0.398 e. The molecule has 0 fully saturated rings. The van der Waals surface area contributed by atoms with Crippen molar-refractivity contribution in [2.75, 3.05) is 5.73 Å². The fraction of sp³-hybridized carbons (Fsp3) is 0.400. The predicted octanol–water partition coefficient (Wildman–Crippen LogP) is 3.57. The Kier molecular flexibility index (Phi) is 4.03. The van der Waals surface area contributed by atoms with Crippen LogP contribution in [-0.4, -0.2) is 9.78 Å². The van der Waals surface area contributed by atoms with E-state index in [0.717, 1.165) is 23.4 Å². The van der Waals surface area contributed by atoms with Crippen LogP contribution in [0.3, 0.4) is 0 Å². The van der Waals surface area contributed by atoms with Gasteiger partial charge in [-0.25, -0.2) is 0 Å². The molecule has 1 aromatic carbocycles. The summed E-state index contributed by atoms with van der Waals surface area (Å²) in [7, 11) is 0. The summed E-state index contributed by atoms with van der Waals surface area (Å²) in [6, 6.07) is 7.92. The predicted molar refractivity (Wildman–Crippen MR) is 76.1 cm³/mol. The van der Waals surface area contributed by atoms with Crippen LogP contribution in [0.25, 0.3) is 11.1 Å². The third-order valence-electron chi connectivity index (χ3n) is 3.50. The van der Waals surface area contributed by atoms with E-state index in [1.165, 1.54) is 12.8 Å². The first-order valence-electron chi connectivity index (χ1n) is 6.61. The second kappa shape index (κ2) is 5.71. The van der Waals surface area contributed by atoms with E-state index >= 15 is 0 Å². The van der Waals surface area contributed by atoms with Crippen LogP contribution in [0.2, 0.25) is 0 Å². The molecule has 0 unspecified atom stereocenters. The molecule has 96 valence electrons. The Hall–Kier alpha value is -1.77. The highest BCUT2D eigenvalue weighted by Crippen LogP contribution is 2.25. The van der Waals surface area contributed by atoms with Crippen LogP contribution in [0, 0.1) is 5.92 Å². The smallest absolute Gasteiger partial charge is 0.0569 e. The number of rotatable bonds is 5. The second-order valence-electron chi connectivity index (χ2n) is 4.72. The zero-order valence-electron chi connectivity index (χ0n) is 11.1. The molecule has 18 heavy (non-hydrogen) atoms. The maximum atomic E-state index is 5.98. The number of hydrogen-bond acceptors (Lipinski definition) is 2. The molecule has 0 saturated carbocycles. The van der Waals surface area contributed by atoms with E-state index in [1.54, 1.807) is 0 Å². The molecule has 0 amide bonds.